The van der Waals surface area contributed by atoms with Crippen LogP contribution in [0.3, 0.4) is 0 Å². The summed E-state index contributed by atoms with van der Waals surface area (Å²) < 4.78 is 18.2. The molecule has 2 aromatic carbocycles. The zero-order valence-electron chi connectivity index (χ0n) is 16.4. The Hall–Kier alpha value is -3.15. The molecular formula is C22H26FN3O2. The molecule has 0 saturated carbocycles. The topological polar surface area (TPSA) is 74.2 Å². The largest absolute Gasteiger partial charge is 0.444 e. The van der Waals surface area contributed by atoms with E-state index in [4.69, 9.17) is 10.1 Å². The normalized spacial score (nSPS) is 11.6. The maximum Gasteiger partial charge on any atom is 0.407 e. The first-order chi connectivity index (χ1) is 13.3. The van der Waals surface area contributed by atoms with Gasteiger partial charge in [0, 0.05) is 30.2 Å². The third-order valence-electron chi connectivity index (χ3n) is 3.74. The number of ether oxygens (including phenoxy) is 1. The molecule has 3 N–H and O–H groups in total. The van der Waals surface area contributed by atoms with Crippen LogP contribution >= 0.6 is 0 Å². The van der Waals surface area contributed by atoms with E-state index in [-0.39, 0.29) is 5.82 Å². The highest BCUT2D eigenvalue weighted by atomic mass is 19.1. The first kappa shape index (κ1) is 21.2. The van der Waals surface area contributed by atoms with Gasteiger partial charge >= 0.3 is 6.09 Å². The number of carbonyl (C=O) groups is 1. The van der Waals surface area contributed by atoms with Crippen LogP contribution < -0.4 is 10.6 Å². The number of benzene rings is 2. The molecule has 0 atom stereocenters. The number of hydrogen-bond acceptors (Lipinski definition) is 4. The lowest BCUT2D eigenvalue weighted by Crippen LogP contribution is -2.33. The van der Waals surface area contributed by atoms with Crippen molar-refractivity contribution in [2.75, 3.05) is 11.9 Å². The Labute approximate surface area is 165 Å². The second-order valence-electron chi connectivity index (χ2n) is 7.27. The lowest BCUT2D eigenvalue weighted by molar-refractivity contribution is 0.0528. The van der Waals surface area contributed by atoms with E-state index in [2.05, 4.69) is 10.6 Å². The van der Waals surface area contributed by atoms with E-state index < -0.39 is 11.7 Å². The van der Waals surface area contributed by atoms with Crippen LogP contribution in [0.5, 0.6) is 0 Å². The molecule has 28 heavy (non-hydrogen) atoms. The predicted molar refractivity (Wildman–Crippen MR) is 111 cm³/mol. The molecule has 0 aromatic heterocycles. The van der Waals surface area contributed by atoms with Gasteiger partial charge in [0.15, 0.2) is 0 Å². The molecule has 2 aromatic rings. The molecule has 0 aliphatic rings. The van der Waals surface area contributed by atoms with Crippen LogP contribution in [0.4, 0.5) is 14.9 Å². The van der Waals surface area contributed by atoms with Gasteiger partial charge in [0.05, 0.1) is 0 Å². The quantitative estimate of drug-likeness (QED) is 0.589. The summed E-state index contributed by atoms with van der Waals surface area (Å²) in [6.45, 7) is 5.92. The van der Waals surface area contributed by atoms with Crippen LogP contribution in [-0.4, -0.2) is 24.5 Å². The summed E-state index contributed by atoms with van der Waals surface area (Å²) >= 11 is 0. The van der Waals surface area contributed by atoms with Gasteiger partial charge in [-0.25, -0.2) is 9.18 Å². The second kappa shape index (κ2) is 9.69. The van der Waals surface area contributed by atoms with Gasteiger partial charge in [0.25, 0.3) is 0 Å². The molecule has 2 rings (SSSR count). The maximum atomic E-state index is 13.0. The van der Waals surface area contributed by atoms with Gasteiger partial charge in [-0.3, -0.25) is 0 Å². The Bertz CT molecular complexity index is 840. The minimum Gasteiger partial charge on any atom is -0.444 e. The summed E-state index contributed by atoms with van der Waals surface area (Å²) in [5, 5.41) is 13.5. The van der Waals surface area contributed by atoms with E-state index in [1.54, 1.807) is 18.3 Å². The molecule has 5 nitrogen and oxygen atoms in total. The van der Waals surface area contributed by atoms with Crippen molar-refractivity contribution in [1.29, 1.82) is 5.41 Å². The SMILES string of the molecule is CC(C)(C)OC(=O)NCCc1cccc(/C(C=N)=C/Nc2ccc(F)cc2)c1. The van der Waals surface area contributed by atoms with Crippen LogP contribution in [0.1, 0.15) is 31.9 Å². The molecule has 1 amide bonds. The van der Waals surface area contributed by atoms with Crippen LogP contribution in [0.25, 0.3) is 5.57 Å². The van der Waals surface area contributed by atoms with Gasteiger partial charge in [-0.05, 0) is 62.6 Å². The van der Waals surface area contributed by atoms with E-state index in [9.17, 15) is 9.18 Å². The monoisotopic (exact) mass is 383 g/mol. The van der Waals surface area contributed by atoms with Gasteiger partial charge in [0.1, 0.15) is 11.4 Å². The second-order valence-corrected chi connectivity index (χ2v) is 7.27. The van der Waals surface area contributed by atoms with Crippen molar-refractivity contribution in [3.8, 4) is 0 Å². The smallest absolute Gasteiger partial charge is 0.407 e. The lowest BCUT2D eigenvalue weighted by Gasteiger charge is -2.19. The molecule has 0 unspecified atom stereocenters. The Balaban J connectivity index is 1.98. The van der Waals surface area contributed by atoms with Gasteiger partial charge in [-0.1, -0.05) is 24.3 Å². The van der Waals surface area contributed by atoms with E-state index in [1.807, 2.05) is 45.0 Å². The van der Waals surface area contributed by atoms with E-state index in [0.29, 0.717) is 18.5 Å². The fourth-order valence-corrected chi connectivity index (χ4v) is 2.45. The zero-order valence-corrected chi connectivity index (χ0v) is 16.4. The molecule has 148 valence electrons. The summed E-state index contributed by atoms with van der Waals surface area (Å²) in [7, 11) is 0. The average molecular weight is 383 g/mol. The first-order valence-corrected chi connectivity index (χ1v) is 9.06. The lowest BCUT2D eigenvalue weighted by atomic mass is 10.0. The Morgan fingerprint density at radius 2 is 1.89 bits per heavy atom. The third-order valence-corrected chi connectivity index (χ3v) is 3.74. The summed E-state index contributed by atoms with van der Waals surface area (Å²) in [6.07, 6.45) is 3.17. The molecule has 6 heteroatoms. The van der Waals surface area contributed by atoms with Gasteiger partial charge in [0.2, 0.25) is 0 Å². The van der Waals surface area contributed by atoms with Crippen LogP contribution in [0.2, 0.25) is 0 Å². The molecular weight excluding hydrogens is 357 g/mol. The molecule has 0 fully saturated rings. The molecule has 0 heterocycles. The van der Waals surface area contributed by atoms with Crippen molar-refractivity contribution in [3.05, 3.63) is 71.7 Å². The molecule has 0 saturated heterocycles. The Kier molecular flexibility index (Phi) is 7.32. The Morgan fingerprint density at radius 3 is 2.54 bits per heavy atom. The van der Waals surface area contributed by atoms with Crippen molar-refractivity contribution in [3.63, 3.8) is 0 Å². The van der Waals surface area contributed by atoms with Gasteiger partial charge in [-0.15, -0.1) is 0 Å². The summed E-state index contributed by atoms with van der Waals surface area (Å²) in [5.74, 6) is -0.297. The average Bonchev–Trinajstić information content (AvgIpc) is 2.63. The summed E-state index contributed by atoms with van der Waals surface area (Å²) in [6, 6.07) is 13.8. The third kappa shape index (κ3) is 7.23. The minimum absolute atomic E-state index is 0.297. The van der Waals surface area contributed by atoms with Gasteiger partial charge in [-0.2, -0.15) is 0 Å². The zero-order chi connectivity index (χ0) is 20.6. The molecule has 0 aliphatic carbocycles. The fraction of sp³-hybridized carbons (Fsp3) is 0.273. The van der Waals surface area contributed by atoms with E-state index >= 15 is 0 Å². The molecule has 0 aliphatic heterocycles. The molecule has 0 radical (unpaired) electrons. The van der Waals surface area contributed by atoms with Crippen molar-refractivity contribution < 1.29 is 13.9 Å². The van der Waals surface area contributed by atoms with Crippen LogP contribution in [-0.2, 0) is 11.2 Å². The first-order valence-electron chi connectivity index (χ1n) is 9.06. The number of rotatable bonds is 7. The summed E-state index contributed by atoms with van der Waals surface area (Å²) in [5.41, 5.74) is 2.80. The maximum absolute atomic E-state index is 13.0. The van der Waals surface area contributed by atoms with Crippen molar-refractivity contribution >= 4 is 23.6 Å². The number of alkyl carbamates (subject to hydrolysis) is 1. The highest BCUT2D eigenvalue weighted by Crippen LogP contribution is 2.16. The van der Waals surface area contributed by atoms with Gasteiger partial charge < -0.3 is 20.8 Å². The number of amides is 1. The standard InChI is InChI=1S/C22H26FN3O2/c1-22(2,3)28-21(27)25-12-11-16-5-4-6-17(13-16)18(14-24)15-26-20-9-7-19(23)8-10-20/h4-10,13-15,24,26H,11-12H2,1-3H3,(H,25,27)/b18-15+,24-14?. The van der Waals surface area contributed by atoms with Crippen molar-refractivity contribution in [2.45, 2.75) is 32.8 Å². The Morgan fingerprint density at radius 1 is 1.18 bits per heavy atom. The van der Waals surface area contributed by atoms with Crippen LogP contribution in [0.15, 0.2) is 54.7 Å². The highest BCUT2D eigenvalue weighted by Gasteiger charge is 2.15. The number of nitrogens with one attached hydrogen (secondary N) is 3. The number of allylic oxidation sites excluding steroid dienone is 1. The fourth-order valence-electron chi connectivity index (χ4n) is 2.45. The van der Waals surface area contributed by atoms with Crippen LogP contribution in [0, 0.1) is 11.2 Å². The molecule has 0 bridgehead atoms. The summed E-state index contributed by atoms with van der Waals surface area (Å²) in [4.78, 5) is 11.7. The van der Waals surface area contributed by atoms with Crippen molar-refractivity contribution in [1.82, 2.24) is 5.32 Å². The number of hydrogen-bond donors (Lipinski definition) is 3. The number of halogens is 1. The predicted octanol–water partition coefficient (Wildman–Crippen LogP) is 5.00. The van der Waals surface area contributed by atoms with E-state index in [0.717, 1.165) is 16.8 Å². The molecule has 0 spiro atoms. The highest BCUT2D eigenvalue weighted by molar-refractivity contribution is 6.08. The number of carbonyl (C=O) groups excluding carboxylic acids is 1. The minimum atomic E-state index is -0.523. The van der Waals surface area contributed by atoms with E-state index in [1.165, 1.54) is 18.3 Å². The van der Waals surface area contributed by atoms with Crippen molar-refractivity contribution in [2.24, 2.45) is 0 Å². The number of anilines is 1.